The number of hydrogen-bond acceptors (Lipinski definition) is 4. The molecule has 0 rings (SSSR count). The number of hydrogen-bond donors (Lipinski definition) is 0. The molecule has 0 saturated carbocycles. The second-order valence-electron chi connectivity index (χ2n) is 4.23. The summed E-state index contributed by atoms with van der Waals surface area (Å²) in [6, 6.07) is 0. The first-order valence-electron chi connectivity index (χ1n) is 4.80. The lowest BCUT2D eigenvalue weighted by Gasteiger charge is -2.20. The molecule has 0 saturated heterocycles. The molecule has 0 heterocycles. The Hall–Kier alpha value is -0.379. The molecule has 0 N–H and O–H groups in total. The summed E-state index contributed by atoms with van der Waals surface area (Å²) >= 11 is 0. The molecule has 0 aromatic rings. The normalized spacial score (nSPS) is 14.2. The van der Waals surface area contributed by atoms with E-state index in [1.807, 2.05) is 0 Å². The van der Waals surface area contributed by atoms with Crippen molar-refractivity contribution in [3.8, 4) is 0 Å². The number of allylic oxidation sites excluding steroid dienone is 1. The van der Waals surface area contributed by atoms with Crippen LogP contribution in [0.2, 0.25) is 19.6 Å². The molecule has 0 bridgehead atoms. The Bertz CT molecular complexity index is 257. The van der Waals surface area contributed by atoms with E-state index in [1.165, 1.54) is 0 Å². The molecule has 0 aliphatic rings. The molecule has 0 aliphatic carbocycles. The van der Waals surface area contributed by atoms with Crippen molar-refractivity contribution >= 4 is 34.8 Å². The zero-order valence-electron chi connectivity index (χ0n) is 10.3. The lowest BCUT2D eigenvalue weighted by molar-refractivity contribution is -0.130. The first-order valence-corrected chi connectivity index (χ1v) is 10.2. The van der Waals surface area contributed by atoms with Gasteiger partial charge in [-0.3, -0.25) is 0 Å². The van der Waals surface area contributed by atoms with Crippen LogP contribution >= 0.6 is 0 Å². The maximum Gasteiger partial charge on any atom is 0.358 e. The Morgan fingerprint density at radius 2 is 1.80 bits per heavy atom. The van der Waals surface area contributed by atoms with Gasteiger partial charge in [0, 0.05) is 0 Å². The first kappa shape index (κ1) is 14.6. The molecular formula is C8H20O4Si3. The second-order valence-corrected chi connectivity index (χ2v) is 11.5. The molecule has 15 heavy (non-hydrogen) atoms. The monoisotopic (exact) mass is 264 g/mol. The van der Waals surface area contributed by atoms with Gasteiger partial charge in [-0.15, -0.1) is 0 Å². The maximum atomic E-state index is 11.5. The molecule has 0 amide bonds. The SMILES string of the molecule is CC(O[Si](C)(C)C)=C(C)C(=O)O[SiH2]O[SiH3]. The molecule has 4 nitrogen and oxygen atoms in total. The van der Waals surface area contributed by atoms with Crippen molar-refractivity contribution < 1.29 is 17.8 Å². The van der Waals surface area contributed by atoms with Gasteiger partial charge >= 0.3 is 16.0 Å². The van der Waals surface area contributed by atoms with Gasteiger partial charge in [-0.25, -0.2) is 4.79 Å². The minimum absolute atomic E-state index is 0.312. The van der Waals surface area contributed by atoms with Crippen LogP contribution in [0.5, 0.6) is 0 Å². The van der Waals surface area contributed by atoms with Crippen molar-refractivity contribution in [2.45, 2.75) is 33.5 Å². The van der Waals surface area contributed by atoms with Crippen LogP contribution in [0.15, 0.2) is 11.3 Å². The number of carbonyl (C=O) groups excluding carboxylic acids is 1. The second kappa shape index (κ2) is 6.26. The van der Waals surface area contributed by atoms with Gasteiger partial charge in [0.15, 0.2) is 0 Å². The molecule has 0 aromatic carbocycles. The van der Waals surface area contributed by atoms with Gasteiger partial charge in [-0.05, 0) is 33.5 Å². The van der Waals surface area contributed by atoms with Gasteiger partial charge in [0.1, 0.15) is 10.5 Å². The van der Waals surface area contributed by atoms with Gasteiger partial charge in [-0.2, -0.15) is 0 Å². The van der Waals surface area contributed by atoms with Gasteiger partial charge in [0.2, 0.25) is 8.32 Å². The van der Waals surface area contributed by atoms with Gasteiger partial charge < -0.3 is 13.0 Å². The topological polar surface area (TPSA) is 44.8 Å². The first-order chi connectivity index (χ1) is 6.78. The van der Waals surface area contributed by atoms with E-state index >= 15 is 0 Å². The van der Waals surface area contributed by atoms with Gasteiger partial charge in [0.05, 0.1) is 11.3 Å². The Labute approximate surface area is 97.7 Å². The van der Waals surface area contributed by atoms with Crippen LogP contribution in [0.3, 0.4) is 0 Å². The summed E-state index contributed by atoms with van der Waals surface area (Å²) in [6.07, 6.45) is 0. The van der Waals surface area contributed by atoms with E-state index in [-0.39, 0.29) is 5.97 Å². The highest BCUT2D eigenvalue weighted by atomic mass is 28.4. The van der Waals surface area contributed by atoms with E-state index in [0.29, 0.717) is 21.8 Å². The zero-order valence-corrected chi connectivity index (χ0v) is 14.8. The average molecular weight is 265 g/mol. The summed E-state index contributed by atoms with van der Waals surface area (Å²) < 4.78 is 15.6. The summed E-state index contributed by atoms with van der Waals surface area (Å²) in [6.45, 7) is 9.75. The Balaban J connectivity index is 4.43. The standard InChI is InChI=1S/C8H20O4Si3/c1-6(8(9)10-14-12-13)7(2)11-15(3,4)5/h14H2,1-5,13H3. The molecule has 0 aromatic heterocycles. The summed E-state index contributed by atoms with van der Waals surface area (Å²) in [5, 5.41) is 0. The fraction of sp³-hybridized carbons (Fsp3) is 0.625. The van der Waals surface area contributed by atoms with Crippen LogP contribution < -0.4 is 0 Å². The van der Waals surface area contributed by atoms with E-state index in [4.69, 9.17) is 13.0 Å². The van der Waals surface area contributed by atoms with Crippen LogP contribution in [-0.4, -0.2) is 34.8 Å². The third kappa shape index (κ3) is 6.66. The average Bonchev–Trinajstić information content (AvgIpc) is 2.10. The fourth-order valence-electron chi connectivity index (χ4n) is 0.900. The highest BCUT2D eigenvalue weighted by Crippen LogP contribution is 2.14. The third-order valence-electron chi connectivity index (χ3n) is 1.60. The lowest BCUT2D eigenvalue weighted by atomic mass is 10.3. The maximum absolute atomic E-state index is 11.5. The molecule has 0 aliphatic heterocycles. The highest BCUT2D eigenvalue weighted by Gasteiger charge is 2.19. The van der Waals surface area contributed by atoms with E-state index in [2.05, 4.69) is 19.6 Å². The van der Waals surface area contributed by atoms with E-state index in [9.17, 15) is 4.79 Å². The van der Waals surface area contributed by atoms with Crippen molar-refractivity contribution in [1.29, 1.82) is 0 Å². The molecular weight excluding hydrogens is 244 g/mol. The fourth-order valence-corrected chi connectivity index (χ4v) is 2.77. The molecule has 0 atom stereocenters. The minimum atomic E-state index is -1.64. The predicted octanol–water partition coefficient (Wildman–Crippen LogP) is -0.0292. The molecule has 7 heteroatoms. The smallest absolute Gasteiger partial charge is 0.358 e. The van der Waals surface area contributed by atoms with Crippen LogP contribution in [0, 0.1) is 0 Å². The quantitative estimate of drug-likeness (QED) is 0.397. The zero-order chi connectivity index (χ0) is 12.1. The highest BCUT2D eigenvalue weighted by molar-refractivity contribution is 6.70. The van der Waals surface area contributed by atoms with Gasteiger partial charge in [-0.1, -0.05) is 0 Å². The largest absolute Gasteiger partial charge is 0.547 e. The predicted molar refractivity (Wildman–Crippen MR) is 68.5 cm³/mol. The van der Waals surface area contributed by atoms with Crippen molar-refractivity contribution in [3.05, 3.63) is 11.3 Å². The van der Waals surface area contributed by atoms with Crippen molar-refractivity contribution in [1.82, 2.24) is 0 Å². The Morgan fingerprint density at radius 3 is 2.20 bits per heavy atom. The number of rotatable bonds is 5. The summed E-state index contributed by atoms with van der Waals surface area (Å²) in [5.74, 6) is 0.356. The Morgan fingerprint density at radius 1 is 1.27 bits per heavy atom. The summed E-state index contributed by atoms with van der Waals surface area (Å²) in [5.41, 5.74) is 0.545. The van der Waals surface area contributed by atoms with E-state index < -0.39 is 18.3 Å². The van der Waals surface area contributed by atoms with E-state index in [1.54, 1.807) is 13.8 Å². The number of carbonyl (C=O) groups is 1. The van der Waals surface area contributed by atoms with Crippen LogP contribution in [0.4, 0.5) is 0 Å². The van der Waals surface area contributed by atoms with Crippen LogP contribution in [0.25, 0.3) is 0 Å². The summed E-state index contributed by atoms with van der Waals surface area (Å²) in [4.78, 5) is 11.5. The summed E-state index contributed by atoms with van der Waals surface area (Å²) in [7, 11) is -2.12. The van der Waals surface area contributed by atoms with Crippen molar-refractivity contribution in [3.63, 3.8) is 0 Å². The minimum Gasteiger partial charge on any atom is -0.547 e. The molecule has 0 radical (unpaired) electrons. The molecule has 0 spiro atoms. The molecule has 88 valence electrons. The van der Waals surface area contributed by atoms with Gasteiger partial charge in [0.25, 0.3) is 0 Å². The van der Waals surface area contributed by atoms with Crippen LogP contribution in [0.1, 0.15) is 13.8 Å². The Kier molecular flexibility index (Phi) is 6.10. The third-order valence-corrected chi connectivity index (χ3v) is 3.84. The van der Waals surface area contributed by atoms with E-state index in [0.717, 1.165) is 0 Å². The molecule has 0 fully saturated rings. The van der Waals surface area contributed by atoms with Crippen molar-refractivity contribution in [2.24, 2.45) is 0 Å². The van der Waals surface area contributed by atoms with Crippen LogP contribution in [-0.2, 0) is 17.8 Å². The molecule has 0 unspecified atom stereocenters. The van der Waals surface area contributed by atoms with Crippen molar-refractivity contribution in [2.75, 3.05) is 0 Å². The lowest BCUT2D eigenvalue weighted by Crippen LogP contribution is -2.25.